The normalized spacial score (nSPS) is 12.6. The fourth-order valence-electron chi connectivity index (χ4n) is 1.69. The molecule has 0 bridgehead atoms. The van der Waals surface area contributed by atoms with Crippen molar-refractivity contribution in [3.8, 4) is 0 Å². The van der Waals surface area contributed by atoms with Crippen LogP contribution < -0.4 is 16.6 Å². The molecule has 2 aromatic rings. The lowest BCUT2D eigenvalue weighted by Gasteiger charge is -2.11. The van der Waals surface area contributed by atoms with Crippen LogP contribution in [0.15, 0.2) is 24.5 Å². The van der Waals surface area contributed by atoms with E-state index in [0.717, 1.165) is 16.6 Å². The highest BCUT2D eigenvalue weighted by Crippen LogP contribution is 2.18. The average Bonchev–Trinajstić information content (AvgIpc) is 2.75. The Morgan fingerprint density at radius 1 is 1.59 bits per heavy atom. The van der Waals surface area contributed by atoms with Crippen LogP contribution in [0.1, 0.15) is 18.0 Å². The third-order valence-electron chi connectivity index (χ3n) is 2.54. The van der Waals surface area contributed by atoms with Gasteiger partial charge in [0, 0.05) is 19.5 Å². The van der Waals surface area contributed by atoms with E-state index >= 15 is 0 Å². The van der Waals surface area contributed by atoms with Gasteiger partial charge in [-0.1, -0.05) is 6.07 Å². The summed E-state index contributed by atoms with van der Waals surface area (Å²) in [4.78, 5) is 18.5. The van der Waals surface area contributed by atoms with Crippen molar-refractivity contribution < 1.29 is 4.79 Å². The molecule has 90 valence electrons. The molecule has 6 nitrogen and oxygen atoms in total. The minimum absolute atomic E-state index is 0.135. The number of rotatable bonds is 4. The number of imidazole rings is 1. The molecule has 0 aliphatic rings. The van der Waals surface area contributed by atoms with Gasteiger partial charge in [0.05, 0.1) is 17.4 Å². The Bertz CT molecular complexity index is 521. The molecule has 0 saturated heterocycles. The maximum absolute atomic E-state index is 11.4. The highest BCUT2D eigenvalue weighted by atomic mass is 16.2. The van der Waals surface area contributed by atoms with Crippen molar-refractivity contribution in [2.75, 3.05) is 7.05 Å². The van der Waals surface area contributed by atoms with Gasteiger partial charge in [-0.2, -0.15) is 0 Å². The molecule has 5 N–H and O–H groups in total. The molecule has 2 rings (SSSR count). The first-order valence-corrected chi connectivity index (χ1v) is 5.35. The van der Waals surface area contributed by atoms with E-state index in [1.165, 1.54) is 0 Å². The number of hydrogen-bond acceptors (Lipinski definition) is 4. The number of nitrogens with one attached hydrogen (secondary N) is 3. The third kappa shape index (κ3) is 2.61. The van der Waals surface area contributed by atoms with Crippen LogP contribution in [0.3, 0.4) is 0 Å². The van der Waals surface area contributed by atoms with Crippen molar-refractivity contribution in [2.45, 2.75) is 12.5 Å². The number of nitrogens with two attached hydrogens (primary N) is 1. The Kier molecular flexibility index (Phi) is 3.36. The number of amides is 1. The second-order valence-corrected chi connectivity index (χ2v) is 3.79. The first-order chi connectivity index (χ1) is 8.20. The average molecular weight is 233 g/mol. The van der Waals surface area contributed by atoms with Crippen LogP contribution in [-0.4, -0.2) is 22.9 Å². The molecule has 17 heavy (non-hydrogen) atoms. The van der Waals surface area contributed by atoms with Gasteiger partial charge in [-0.05, 0) is 17.7 Å². The molecular formula is C11H15N5O. The molecule has 1 atom stereocenters. The number of benzene rings is 1. The highest BCUT2D eigenvalue weighted by molar-refractivity contribution is 5.78. The number of carbonyl (C=O) groups is 1. The monoisotopic (exact) mass is 233 g/mol. The first kappa shape index (κ1) is 11.6. The van der Waals surface area contributed by atoms with Crippen molar-refractivity contribution in [1.82, 2.24) is 20.8 Å². The van der Waals surface area contributed by atoms with E-state index in [9.17, 15) is 4.79 Å². The number of nitrogens with zero attached hydrogens (tertiary/aromatic N) is 1. The van der Waals surface area contributed by atoms with Gasteiger partial charge in [-0.3, -0.25) is 10.2 Å². The molecule has 1 heterocycles. The predicted octanol–water partition coefficient (Wildman–Crippen LogP) is 0.203. The Balaban J connectivity index is 2.12. The number of H-pyrrole nitrogens is 1. The van der Waals surface area contributed by atoms with Crippen LogP contribution in [0.4, 0.5) is 0 Å². The summed E-state index contributed by atoms with van der Waals surface area (Å²) in [5.74, 6) is -0.135. The predicted molar refractivity (Wildman–Crippen MR) is 64.8 cm³/mol. The minimum atomic E-state index is -0.323. The lowest BCUT2D eigenvalue weighted by molar-refractivity contribution is -0.122. The molecule has 1 aromatic carbocycles. The number of aromatic nitrogens is 2. The molecule has 0 spiro atoms. The number of hydrazine groups is 1. The summed E-state index contributed by atoms with van der Waals surface area (Å²) in [5.41, 5.74) is 13.8. The zero-order chi connectivity index (χ0) is 12.3. The Morgan fingerprint density at radius 2 is 2.41 bits per heavy atom. The van der Waals surface area contributed by atoms with E-state index in [-0.39, 0.29) is 18.4 Å². The van der Waals surface area contributed by atoms with E-state index in [1.807, 2.05) is 18.2 Å². The second-order valence-electron chi connectivity index (χ2n) is 3.79. The first-order valence-electron chi connectivity index (χ1n) is 5.35. The van der Waals surface area contributed by atoms with Gasteiger partial charge >= 0.3 is 0 Å². The number of aromatic amines is 1. The Hall–Kier alpha value is -1.92. The lowest BCUT2D eigenvalue weighted by Crippen LogP contribution is -2.36. The summed E-state index contributed by atoms with van der Waals surface area (Å²) >= 11 is 0. The second kappa shape index (κ2) is 4.94. The SMILES string of the molecule is CNNC(=O)CC(N)c1ccc2nc[nH]c2c1. The maximum Gasteiger partial charge on any atom is 0.235 e. The fourth-order valence-corrected chi connectivity index (χ4v) is 1.69. The van der Waals surface area contributed by atoms with Gasteiger partial charge in [0.25, 0.3) is 0 Å². The Morgan fingerprint density at radius 3 is 3.18 bits per heavy atom. The van der Waals surface area contributed by atoms with Crippen LogP contribution in [-0.2, 0) is 4.79 Å². The van der Waals surface area contributed by atoms with Crippen LogP contribution in [0.2, 0.25) is 0 Å². The molecule has 0 aliphatic heterocycles. The molecule has 0 radical (unpaired) electrons. The quantitative estimate of drug-likeness (QED) is 0.567. The van der Waals surface area contributed by atoms with Gasteiger partial charge in [-0.15, -0.1) is 0 Å². The number of carbonyl (C=O) groups excluding carboxylic acids is 1. The van der Waals surface area contributed by atoms with Gasteiger partial charge in [0.2, 0.25) is 5.91 Å². The summed E-state index contributed by atoms with van der Waals surface area (Å²) < 4.78 is 0. The van der Waals surface area contributed by atoms with Crippen molar-refractivity contribution >= 4 is 16.9 Å². The summed E-state index contributed by atoms with van der Waals surface area (Å²) in [6.07, 6.45) is 1.87. The van der Waals surface area contributed by atoms with Crippen LogP contribution in [0, 0.1) is 0 Å². The van der Waals surface area contributed by atoms with Gasteiger partial charge in [-0.25, -0.2) is 10.4 Å². The lowest BCUT2D eigenvalue weighted by atomic mass is 10.0. The van der Waals surface area contributed by atoms with E-state index in [4.69, 9.17) is 5.73 Å². The van der Waals surface area contributed by atoms with Crippen LogP contribution in [0.25, 0.3) is 11.0 Å². The Labute approximate surface area is 98.6 Å². The molecule has 1 amide bonds. The zero-order valence-electron chi connectivity index (χ0n) is 9.53. The topological polar surface area (TPSA) is 95.8 Å². The standard InChI is InChI=1S/C11H15N5O/c1-13-16-11(17)5-8(12)7-2-3-9-10(4-7)15-6-14-9/h2-4,6,8,13H,5,12H2,1H3,(H,14,15)(H,16,17). The van der Waals surface area contributed by atoms with Gasteiger partial charge < -0.3 is 10.7 Å². The maximum atomic E-state index is 11.4. The zero-order valence-corrected chi connectivity index (χ0v) is 9.53. The summed E-state index contributed by atoms with van der Waals surface area (Å²) in [7, 11) is 1.64. The number of hydrogen-bond donors (Lipinski definition) is 4. The van der Waals surface area contributed by atoms with E-state index in [0.29, 0.717) is 0 Å². The molecule has 0 aliphatic carbocycles. The smallest absolute Gasteiger partial charge is 0.235 e. The molecule has 0 fully saturated rings. The van der Waals surface area contributed by atoms with Gasteiger partial charge in [0.15, 0.2) is 0 Å². The molecular weight excluding hydrogens is 218 g/mol. The molecule has 1 aromatic heterocycles. The van der Waals surface area contributed by atoms with E-state index in [2.05, 4.69) is 20.8 Å². The largest absolute Gasteiger partial charge is 0.345 e. The van der Waals surface area contributed by atoms with Crippen molar-refractivity contribution in [3.63, 3.8) is 0 Å². The highest BCUT2D eigenvalue weighted by Gasteiger charge is 2.11. The summed E-state index contributed by atoms with van der Waals surface area (Å²) in [5, 5.41) is 0. The van der Waals surface area contributed by atoms with E-state index in [1.54, 1.807) is 13.4 Å². The number of fused-ring (bicyclic) bond motifs is 1. The van der Waals surface area contributed by atoms with Gasteiger partial charge in [0.1, 0.15) is 0 Å². The molecule has 0 saturated carbocycles. The molecule has 1 unspecified atom stereocenters. The third-order valence-corrected chi connectivity index (χ3v) is 2.54. The van der Waals surface area contributed by atoms with Crippen LogP contribution in [0.5, 0.6) is 0 Å². The summed E-state index contributed by atoms with van der Waals surface area (Å²) in [6, 6.07) is 5.37. The summed E-state index contributed by atoms with van der Waals surface area (Å²) in [6.45, 7) is 0. The van der Waals surface area contributed by atoms with Crippen molar-refractivity contribution in [1.29, 1.82) is 0 Å². The van der Waals surface area contributed by atoms with Crippen LogP contribution >= 0.6 is 0 Å². The van der Waals surface area contributed by atoms with E-state index < -0.39 is 0 Å². The minimum Gasteiger partial charge on any atom is -0.345 e. The molecule has 6 heteroatoms. The van der Waals surface area contributed by atoms with Crippen molar-refractivity contribution in [3.05, 3.63) is 30.1 Å². The van der Waals surface area contributed by atoms with Crippen molar-refractivity contribution in [2.24, 2.45) is 5.73 Å². The fraction of sp³-hybridized carbons (Fsp3) is 0.273.